The predicted octanol–water partition coefficient (Wildman–Crippen LogP) is 2.39. The lowest BCUT2D eigenvalue weighted by atomic mass is 10.1. The molecular formula is C15H22N4. The fourth-order valence-corrected chi connectivity index (χ4v) is 2.04. The number of pyridine rings is 1. The maximum atomic E-state index is 4.49. The van der Waals surface area contributed by atoms with Gasteiger partial charge in [0.15, 0.2) is 0 Å². The van der Waals surface area contributed by atoms with Crippen molar-refractivity contribution in [1.29, 1.82) is 0 Å². The molecule has 0 radical (unpaired) electrons. The van der Waals surface area contributed by atoms with Crippen LogP contribution in [0.2, 0.25) is 0 Å². The molecule has 0 saturated heterocycles. The number of imidazole rings is 1. The summed E-state index contributed by atoms with van der Waals surface area (Å²) >= 11 is 0. The smallest absolute Gasteiger partial charge is 0.0952 e. The summed E-state index contributed by atoms with van der Waals surface area (Å²) in [5, 5.41) is 3.42. The molecule has 2 aromatic rings. The highest BCUT2D eigenvalue weighted by molar-refractivity contribution is 5.20. The van der Waals surface area contributed by atoms with Crippen molar-refractivity contribution < 1.29 is 0 Å². The zero-order valence-electron chi connectivity index (χ0n) is 11.9. The molecule has 0 atom stereocenters. The Kier molecular flexibility index (Phi) is 4.68. The van der Waals surface area contributed by atoms with Gasteiger partial charge in [0.2, 0.25) is 0 Å². The summed E-state index contributed by atoms with van der Waals surface area (Å²) in [5.74, 6) is 0. The number of hydrogen-bond donors (Lipinski definition) is 1. The van der Waals surface area contributed by atoms with Crippen LogP contribution in [0.5, 0.6) is 0 Å². The van der Waals surface area contributed by atoms with E-state index in [9.17, 15) is 0 Å². The van der Waals surface area contributed by atoms with Crippen LogP contribution in [0.4, 0.5) is 0 Å². The SMILES string of the molecule is CCc1cccnc1Cn1cncc1CNC(C)C. The molecule has 4 nitrogen and oxygen atoms in total. The van der Waals surface area contributed by atoms with Crippen LogP contribution in [0.15, 0.2) is 30.9 Å². The molecule has 0 amide bonds. The minimum atomic E-state index is 0.476. The Morgan fingerprint density at radius 3 is 2.95 bits per heavy atom. The molecule has 19 heavy (non-hydrogen) atoms. The highest BCUT2D eigenvalue weighted by Crippen LogP contribution is 2.10. The van der Waals surface area contributed by atoms with Crippen LogP contribution in [0.25, 0.3) is 0 Å². The Hall–Kier alpha value is -1.68. The minimum absolute atomic E-state index is 0.476. The van der Waals surface area contributed by atoms with E-state index < -0.39 is 0 Å². The zero-order valence-corrected chi connectivity index (χ0v) is 11.9. The fourth-order valence-electron chi connectivity index (χ4n) is 2.04. The van der Waals surface area contributed by atoms with Gasteiger partial charge in [0.1, 0.15) is 0 Å². The van der Waals surface area contributed by atoms with E-state index in [2.05, 4.69) is 46.7 Å². The van der Waals surface area contributed by atoms with Crippen LogP contribution in [0.1, 0.15) is 37.7 Å². The largest absolute Gasteiger partial charge is 0.327 e. The van der Waals surface area contributed by atoms with Crippen molar-refractivity contribution in [2.75, 3.05) is 0 Å². The maximum Gasteiger partial charge on any atom is 0.0952 e. The van der Waals surface area contributed by atoms with Crippen LogP contribution >= 0.6 is 0 Å². The molecule has 0 spiro atoms. The Morgan fingerprint density at radius 2 is 2.21 bits per heavy atom. The average molecular weight is 258 g/mol. The highest BCUT2D eigenvalue weighted by Gasteiger charge is 2.07. The fraction of sp³-hybridized carbons (Fsp3) is 0.467. The second-order valence-corrected chi connectivity index (χ2v) is 5.01. The van der Waals surface area contributed by atoms with E-state index >= 15 is 0 Å². The van der Waals surface area contributed by atoms with Crippen LogP contribution in [0, 0.1) is 0 Å². The van der Waals surface area contributed by atoms with Gasteiger partial charge in [-0.15, -0.1) is 0 Å². The summed E-state index contributed by atoms with van der Waals surface area (Å²) in [6.07, 6.45) is 6.67. The van der Waals surface area contributed by atoms with Crippen LogP contribution in [-0.4, -0.2) is 20.6 Å². The lowest BCUT2D eigenvalue weighted by Gasteiger charge is -2.12. The molecule has 0 aliphatic heterocycles. The van der Waals surface area contributed by atoms with E-state index in [1.165, 1.54) is 11.3 Å². The van der Waals surface area contributed by atoms with Crippen LogP contribution in [-0.2, 0) is 19.5 Å². The molecule has 0 fully saturated rings. The van der Waals surface area contributed by atoms with Gasteiger partial charge in [-0.2, -0.15) is 0 Å². The monoisotopic (exact) mass is 258 g/mol. The van der Waals surface area contributed by atoms with Crippen molar-refractivity contribution in [3.8, 4) is 0 Å². The number of nitrogens with one attached hydrogen (secondary N) is 1. The molecule has 0 bridgehead atoms. The molecule has 0 aliphatic carbocycles. The van der Waals surface area contributed by atoms with Gasteiger partial charge >= 0.3 is 0 Å². The summed E-state index contributed by atoms with van der Waals surface area (Å²) < 4.78 is 2.16. The Morgan fingerprint density at radius 1 is 1.37 bits per heavy atom. The molecule has 0 saturated carbocycles. The van der Waals surface area contributed by atoms with E-state index in [1.807, 2.05) is 24.8 Å². The van der Waals surface area contributed by atoms with E-state index in [4.69, 9.17) is 0 Å². The molecular weight excluding hydrogens is 236 g/mol. The molecule has 0 unspecified atom stereocenters. The average Bonchev–Trinajstić information content (AvgIpc) is 2.84. The Bertz CT molecular complexity index is 516. The minimum Gasteiger partial charge on any atom is -0.327 e. The number of aromatic nitrogens is 3. The first kappa shape index (κ1) is 13.7. The van der Waals surface area contributed by atoms with E-state index in [0.717, 1.165) is 25.2 Å². The van der Waals surface area contributed by atoms with Crippen molar-refractivity contribution in [3.63, 3.8) is 0 Å². The molecule has 2 aromatic heterocycles. The van der Waals surface area contributed by atoms with Gasteiger partial charge in [0.05, 0.1) is 24.3 Å². The number of rotatable bonds is 6. The standard InChI is InChI=1S/C15H22N4/c1-4-13-6-5-7-17-15(13)10-19-11-16-8-14(19)9-18-12(2)3/h5-8,11-12,18H,4,9-10H2,1-3H3. The van der Waals surface area contributed by atoms with Gasteiger partial charge in [-0.05, 0) is 18.1 Å². The third kappa shape index (κ3) is 3.64. The van der Waals surface area contributed by atoms with Gasteiger partial charge in [0, 0.05) is 25.0 Å². The summed E-state index contributed by atoms with van der Waals surface area (Å²) in [7, 11) is 0. The predicted molar refractivity (Wildman–Crippen MR) is 76.9 cm³/mol. The normalized spacial score (nSPS) is 11.2. The summed E-state index contributed by atoms with van der Waals surface area (Å²) in [6.45, 7) is 8.09. The summed E-state index contributed by atoms with van der Waals surface area (Å²) in [5.41, 5.74) is 3.63. The van der Waals surface area contributed by atoms with Gasteiger partial charge < -0.3 is 9.88 Å². The number of hydrogen-bond acceptors (Lipinski definition) is 3. The molecule has 2 rings (SSSR count). The summed E-state index contributed by atoms with van der Waals surface area (Å²) in [4.78, 5) is 8.74. The van der Waals surface area contributed by atoms with Crippen molar-refractivity contribution in [1.82, 2.24) is 19.9 Å². The van der Waals surface area contributed by atoms with Gasteiger partial charge in [0.25, 0.3) is 0 Å². The first-order valence-electron chi connectivity index (χ1n) is 6.85. The lowest BCUT2D eigenvalue weighted by Crippen LogP contribution is -2.23. The van der Waals surface area contributed by atoms with Gasteiger partial charge in [-0.1, -0.05) is 26.8 Å². The van der Waals surface area contributed by atoms with Gasteiger partial charge in [-0.25, -0.2) is 4.98 Å². The van der Waals surface area contributed by atoms with E-state index in [1.54, 1.807) is 0 Å². The summed E-state index contributed by atoms with van der Waals surface area (Å²) in [6, 6.07) is 4.62. The zero-order chi connectivity index (χ0) is 13.7. The lowest BCUT2D eigenvalue weighted by molar-refractivity contribution is 0.563. The Labute approximate surface area is 114 Å². The van der Waals surface area contributed by atoms with Gasteiger partial charge in [-0.3, -0.25) is 4.98 Å². The second-order valence-electron chi connectivity index (χ2n) is 5.01. The van der Waals surface area contributed by atoms with E-state index in [-0.39, 0.29) is 0 Å². The van der Waals surface area contributed by atoms with Crippen molar-refractivity contribution in [2.45, 2.75) is 46.3 Å². The number of aryl methyl sites for hydroxylation is 1. The molecule has 4 heteroatoms. The van der Waals surface area contributed by atoms with E-state index in [0.29, 0.717) is 6.04 Å². The van der Waals surface area contributed by atoms with Crippen LogP contribution in [0.3, 0.4) is 0 Å². The topological polar surface area (TPSA) is 42.7 Å². The highest BCUT2D eigenvalue weighted by atomic mass is 15.1. The number of nitrogens with zero attached hydrogens (tertiary/aromatic N) is 3. The van der Waals surface area contributed by atoms with Crippen molar-refractivity contribution >= 4 is 0 Å². The quantitative estimate of drug-likeness (QED) is 0.865. The third-order valence-corrected chi connectivity index (χ3v) is 3.18. The second kappa shape index (κ2) is 6.48. The third-order valence-electron chi connectivity index (χ3n) is 3.18. The molecule has 1 N–H and O–H groups in total. The molecule has 102 valence electrons. The molecule has 2 heterocycles. The first-order chi connectivity index (χ1) is 9.20. The molecule has 0 aromatic carbocycles. The van der Waals surface area contributed by atoms with Crippen LogP contribution < -0.4 is 5.32 Å². The van der Waals surface area contributed by atoms with Crippen molar-refractivity contribution in [3.05, 3.63) is 47.8 Å². The first-order valence-corrected chi connectivity index (χ1v) is 6.85. The van der Waals surface area contributed by atoms with Crippen molar-refractivity contribution in [2.24, 2.45) is 0 Å². The Balaban J connectivity index is 2.12. The maximum absolute atomic E-state index is 4.49. The molecule has 0 aliphatic rings.